The zero-order valence-electron chi connectivity index (χ0n) is 9.01. The van der Waals surface area contributed by atoms with Crippen molar-refractivity contribution in [2.24, 2.45) is 0 Å². The first-order valence-electron chi connectivity index (χ1n) is 4.73. The Bertz CT molecular complexity index is 551. The second-order valence-electron chi connectivity index (χ2n) is 3.46. The molecule has 5 nitrogen and oxygen atoms in total. The second kappa shape index (κ2) is 5.47. The number of aliphatic hydroxyl groups excluding tert-OH is 1. The van der Waals surface area contributed by atoms with E-state index in [9.17, 15) is 8.42 Å². The molecule has 1 rings (SSSR count). The van der Waals surface area contributed by atoms with E-state index < -0.39 is 16.1 Å². The largest absolute Gasteiger partial charge is 0.395 e. The quantitative estimate of drug-likeness (QED) is 0.852. The van der Waals surface area contributed by atoms with Crippen molar-refractivity contribution in [2.45, 2.75) is 17.9 Å². The number of hydrogen-bond donors (Lipinski definition) is 2. The average molecular weight is 275 g/mol. The Hall–Kier alpha value is -1.13. The molecule has 0 amide bonds. The van der Waals surface area contributed by atoms with Gasteiger partial charge in [-0.3, -0.25) is 0 Å². The molecule has 0 aliphatic carbocycles. The second-order valence-corrected chi connectivity index (χ2v) is 5.55. The first kappa shape index (κ1) is 13.9. The van der Waals surface area contributed by atoms with Crippen molar-refractivity contribution in [2.75, 3.05) is 6.61 Å². The third-order valence-corrected chi connectivity index (χ3v) is 4.05. The number of hydrogen-bond acceptors (Lipinski definition) is 4. The van der Waals surface area contributed by atoms with Gasteiger partial charge in [-0.05, 0) is 25.1 Å². The van der Waals surface area contributed by atoms with Crippen LogP contribution >= 0.6 is 11.6 Å². The summed E-state index contributed by atoms with van der Waals surface area (Å²) in [5.74, 6) is 0. The summed E-state index contributed by atoms with van der Waals surface area (Å²) >= 11 is 5.79. The van der Waals surface area contributed by atoms with Gasteiger partial charge >= 0.3 is 0 Å². The van der Waals surface area contributed by atoms with Crippen LogP contribution in [-0.2, 0) is 10.0 Å². The van der Waals surface area contributed by atoms with Crippen molar-refractivity contribution in [1.82, 2.24) is 4.72 Å². The number of nitriles is 1. The maximum Gasteiger partial charge on any atom is 0.242 e. The van der Waals surface area contributed by atoms with Crippen LogP contribution in [0, 0.1) is 11.3 Å². The first-order chi connectivity index (χ1) is 7.90. The molecule has 0 aliphatic rings. The molecular weight excluding hydrogens is 264 g/mol. The van der Waals surface area contributed by atoms with Crippen LogP contribution < -0.4 is 4.72 Å². The third kappa shape index (κ3) is 3.41. The molecule has 0 unspecified atom stereocenters. The molecule has 1 atom stereocenters. The number of aliphatic hydroxyl groups is 1. The molecule has 0 aromatic heterocycles. The molecule has 1 aromatic carbocycles. The Morgan fingerprint density at radius 1 is 1.59 bits per heavy atom. The minimum Gasteiger partial charge on any atom is -0.395 e. The number of halogens is 1. The predicted molar refractivity (Wildman–Crippen MR) is 63.0 cm³/mol. The van der Waals surface area contributed by atoms with Crippen LogP contribution in [0.1, 0.15) is 12.5 Å². The molecule has 0 saturated carbocycles. The molecule has 0 fully saturated rings. The van der Waals surface area contributed by atoms with Crippen LogP contribution in [0.2, 0.25) is 5.02 Å². The maximum absolute atomic E-state index is 11.8. The van der Waals surface area contributed by atoms with Crippen molar-refractivity contribution in [3.63, 3.8) is 0 Å². The van der Waals surface area contributed by atoms with E-state index in [0.29, 0.717) is 0 Å². The molecular formula is C10H11ClN2O3S. The lowest BCUT2D eigenvalue weighted by Gasteiger charge is -2.12. The van der Waals surface area contributed by atoms with Gasteiger partial charge in [0, 0.05) is 6.04 Å². The Labute approximate surface area is 105 Å². The first-order valence-corrected chi connectivity index (χ1v) is 6.59. The summed E-state index contributed by atoms with van der Waals surface area (Å²) in [5.41, 5.74) is 0.282. The number of rotatable bonds is 4. The molecule has 0 aliphatic heterocycles. The normalized spacial score (nSPS) is 13.1. The van der Waals surface area contributed by atoms with Crippen molar-refractivity contribution in [1.29, 1.82) is 5.26 Å². The molecule has 2 N–H and O–H groups in total. The molecule has 0 bridgehead atoms. The smallest absolute Gasteiger partial charge is 0.242 e. The van der Waals surface area contributed by atoms with Gasteiger partial charge in [-0.2, -0.15) is 5.26 Å². The summed E-state index contributed by atoms with van der Waals surface area (Å²) in [6.07, 6.45) is 0. The molecule has 92 valence electrons. The average Bonchev–Trinajstić information content (AvgIpc) is 2.27. The fourth-order valence-electron chi connectivity index (χ4n) is 1.15. The van der Waals surface area contributed by atoms with Gasteiger partial charge in [-0.25, -0.2) is 13.1 Å². The predicted octanol–water partition coefficient (Wildman–Crippen LogP) is 0.871. The van der Waals surface area contributed by atoms with E-state index in [4.69, 9.17) is 22.0 Å². The topological polar surface area (TPSA) is 90.2 Å². The fraction of sp³-hybridized carbons (Fsp3) is 0.300. The van der Waals surface area contributed by atoms with Gasteiger partial charge in [0.05, 0.1) is 23.3 Å². The molecule has 0 heterocycles. The summed E-state index contributed by atoms with van der Waals surface area (Å²) in [7, 11) is -3.78. The van der Waals surface area contributed by atoms with Crippen molar-refractivity contribution in [3.05, 3.63) is 28.8 Å². The van der Waals surface area contributed by atoms with Gasteiger partial charge in [-0.1, -0.05) is 11.6 Å². The number of benzene rings is 1. The Balaban J connectivity index is 3.13. The van der Waals surface area contributed by atoms with Gasteiger partial charge in [0.25, 0.3) is 0 Å². The summed E-state index contributed by atoms with van der Waals surface area (Å²) in [4.78, 5) is -0.113. The van der Waals surface area contributed by atoms with E-state index in [1.165, 1.54) is 25.1 Å². The molecule has 0 spiro atoms. The highest BCUT2D eigenvalue weighted by atomic mass is 35.5. The summed E-state index contributed by atoms with van der Waals surface area (Å²) < 4.78 is 25.9. The van der Waals surface area contributed by atoms with E-state index in [1.807, 2.05) is 6.07 Å². The highest BCUT2D eigenvalue weighted by Gasteiger charge is 2.20. The summed E-state index contributed by atoms with van der Waals surface area (Å²) in [6, 6.07) is 5.15. The molecule has 7 heteroatoms. The zero-order valence-corrected chi connectivity index (χ0v) is 10.6. The third-order valence-electron chi connectivity index (χ3n) is 1.98. The minimum atomic E-state index is -3.78. The Kier molecular flexibility index (Phi) is 4.48. The highest BCUT2D eigenvalue weighted by Crippen LogP contribution is 2.22. The van der Waals surface area contributed by atoms with Crippen molar-refractivity contribution in [3.8, 4) is 6.07 Å². The maximum atomic E-state index is 11.8. The SMILES string of the molecule is C[C@H](CO)NS(=O)(=O)c1ccc(C#N)cc1Cl. The lowest BCUT2D eigenvalue weighted by Crippen LogP contribution is -2.35. The van der Waals surface area contributed by atoms with Gasteiger partial charge in [0.1, 0.15) is 4.90 Å². The lowest BCUT2D eigenvalue weighted by atomic mass is 10.2. The molecule has 17 heavy (non-hydrogen) atoms. The van der Waals surface area contributed by atoms with E-state index in [0.717, 1.165) is 0 Å². The standard InChI is InChI=1S/C10H11ClN2O3S/c1-7(6-14)13-17(15,16)10-3-2-8(5-12)4-9(10)11/h2-4,7,13-14H,6H2,1H3/t7-/m1/s1. The lowest BCUT2D eigenvalue weighted by molar-refractivity contribution is 0.265. The summed E-state index contributed by atoms with van der Waals surface area (Å²) in [5, 5.41) is 17.4. The Morgan fingerprint density at radius 3 is 2.71 bits per heavy atom. The summed E-state index contributed by atoms with van der Waals surface area (Å²) in [6.45, 7) is 1.21. The number of nitrogens with one attached hydrogen (secondary N) is 1. The van der Waals surface area contributed by atoms with Crippen LogP contribution in [0.5, 0.6) is 0 Å². The van der Waals surface area contributed by atoms with Crippen LogP contribution in [-0.4, -0.2) is 26.2 Å². The molecule has 0 radical (unpaired) electrons. The fourth-order valence-corrected chi connectivity index (χ4v) is 2.93. The van der Waals surface area contributed by atoms with Gasteiger partial charge in [-0.15, -0.1) is 0 Å². The van der Waals surface area contributed by atoms with E-state index >= 15 is 0 Å². The monoisotopic (exact) mass is 274 g/mol. The van der Waals surface area contributed by atoms with Crippen LogP contribution in [0.4, 0.5) is 0 Å². The minimum absolute atomic E-state index is 0.0262. The van der Waals surface area contributed by atoms with Crippen molar-refractivity contribution < 1.29 is 13.5 Å². The van der Waals surface area contributed by atoms with Crippen molar-refractivity contribution >= 4 is 21.6 Å². The molecule has 0 saturated heterocycles. The van der Waals surface area contributed by atoms with Gasteiger partial charge in [0.15, 0.2) is 0 Å². The van der Waals surface area contributed by atoms with Crippen LogP contribution in [0.15, 0.2) is 23.1 Å². The van der Waals surface area contributed by atoms with E-state index in [-0.39, 0.29) is 22.1 Å². The van der Waals surface area contributed by atoms with Crippen LogP contribution in [0.25, 0.3) is 0 Å². The van der Waals surface area contributed by atoms with Crippen LogP contribution in [0.3, 0.4) is 0 Å². The van der Waals surface area contributed by atoms with Gasteiger partial charge in [0.2, 0.25) is 10.0 Å². The Morgan fingerprint density at radius 2 is 2.24 bits per heavy atom. The van der Waals surface area contributed by atoms with Gasteiger partial charge < -0.3 is 5.11 Å². The number of sulfonamides is 1. The van der Waals surface area contributed by atoms with E-state index in [1.54, 1.807) is 0 Å². The number of nitrogens with zero attached hydrogens (tertiary/aromatic N) is 1. The highest BCUT2D eigenvalue weighted by molar-refractivity contribution is 7.89. The zero-order chi connectivity index (χ0) is 13.1. The van der Waals surface area contributed by atoms with E-state index in [2.05, 4.69) is 4.72 Å². The molecule has 1 aromatic rings.